The maximum Gasteiger partial charge on any atom is 0.0588 e. The molecule has 0 bridgehead atoms. The number of halogens is 1. The minimum atomic E-state index is -1.08. The first kappa shape index (κ1) is 16.4. The van der Waals surface area contributed by atoms with Gasteiger partial charge < -0.3 is 5.32 Å². The minimum Gasteiger partial charge on any atom is -0.312 e. The van der Waals surface area contributed by atoms with Crippen molar-refractivity contribution in [3.8, 4) is 0 Å². The number of rotatable bonds is 5. The first-order valence-electron chi connectivity index (χ1n) is 6.93. The monoisotopic (exact) mass is 365 g/mol. The molecule has 0 aliphatic rings. The Hall–Kier alpha value is -0.970. The predicted octanol–water partition coefficient (Wildman–Crippen LogP) is 4.21. The van der Waals surface area contributed by atoms with Crippen LogP contribution in [0.2, 0.25) is 0 Å². The molecule has 21 heavy (non-hydrogen) atoms. The lowest BCUT2D eigenvalue weighted by Gasteiger charge is -2.24. The molecule has 3 unspecified atom stereocenters. The first-order chi connectivity index (χ1) is 10.0. The number of hydrogen-bond donors (Lipinski definition) is 1. The fraction of sp³-hybridized carbons (Fsp3) is 0.294. The molecule has 0 amide bonds. The van der Waals surface area contributed by atoms with Crippen LogP contribution in [0.15, 0.2) is 57.9 Å². The van der Waals surface area contributed by atoms with Crippen LogP contribution in [0.1, 0.15) is 24.1 Å². The van der Waals surface area contributed by atoms with E-state index in [1.807, 2.05) is 38.2 Å². The third-order valence-electron chi connectivity index (χ3n) is 3.61. The van der Waals surface area contributed by atoms with Crippen molar-refractivity contribution in [3.63, 3.8) is 0 Å². The van der Waals surface area contributed by atoms with Crippen LogP contribution < -0.4 is 5.32 Å². The van der Waals surface area contributed by atoms with Gasteiger partial charge in [-0.25, -0.2) is 0 Å². The van der Waals surface area contributed by atoms with Gasteiger partial charge in [-0.1, -0.05) is 42.0 Å². The summed E-state index contributed by atoms with van der Waals surface area (Å²) in [5, 5.41) is 3.27. The van der Waals surface area contributed by atoms with Crippen molar-refractivity contribution in [1.29, 1.82) is 0 Å². The molecule has 2 aromatic rings. The zero-order valence-electron chi connectivity index (χ0n) is 12.5. The van der Waals surface area contributed by atoms with E-state index in [2.05, 4.69) is 52.4 Å². The molecule has 0 saturated heterocycles. The van der Waals surface area contributed by atoms with Crippen LogP contribution in [0.5, 0.6) is 0 Å². The van der Waals surface area contributed by atoms with Crippen molar-refractivity contribution in [2.24, 2.45) is 0 Å². The van der Waals surface area contributed by atoms with Gasteiger partial charge in [-0.15, -0.1) is 0 Å². The summed E-state index contributed by atoms with van der Waals surface area (Å²) in [6.45, 7) is 4.09. The third-order valence-corrected chi connectivity index (χ3v) is 6.30. The van der Waals surface area contributed by atoms with Crippen LogP contribution in [-0.2, 0) is 10.8 Å². The fourth-order valence-electron chi connectivity index (χ4n) is 2.38. The summed E-state index contributed by atoms with van der Waals surface area (Å²) in [4.78, 5) is 0.845. The molecule has 0 heterocycles. The van der Waals surface area contributed by atoms with E-state index < -0.39 is 10.8 Å². The van der Waals surface area contributed by atoms with Crippen molar-refractivity contribution >= 4 is 26.7 Å². The molecule has 3 atom stereocenters. The molecule has 0 radical (unpaired) electrons. The van der Waals surface area contributed by atoms with Crippen molar-refractivity contribution in [2.45, 2.75) is 30.0 Å². The van der Waals surface area contributed by atoms with E-state index in [-0.39, 0.29) is 11.3 Å². The van der Waals surface area contributed by atoms with E-state index in [9.17, 15) is 4.21 Å². The van der Waals surface area contributed by atoms with E-state index >= 15 is 0 Å². The smallest absolute Gasteiger partial charge is 0.0588 e. The highest BCUT2D eigenvalue weighted by Crippen LogP contribution is 2.28. The number of aryl methyl sites for hydroxylation is 1. The van der Waals surface area contributed by atoms with Crippen LogP contribution in [0, 0.1) is 6.92 Å². The summed E-state index contributed by atoms with van der Waals surface area (Å²) in [5.41, 5.74) is 2.39. The van der Waals surface area contributed by atoms with Gasteiger partial charge in [-0.05, 0) is 54.5 Å². The van der Waals surface area contributed by atoms with E-state index in [0.29, 0.717) is 0 Å². The van der Waals surface area contributed by atoms with E-state index in [4.69, 9.17) is 0 Å². The lowest BCUT2D eigenvalue weighted by molar-refractivity contribution is 0.570. The number of benzene rings is 2. The quantitative estimate of drug-likeness (QED) is 0.859. The Bertz CT molecular complexity index is 627. The lowest BCUT2D eigenvalue weighted by atomic mass is 10.0. The number of nitrogens with one attached hydrogen (secondary N) is 1. The van der Waals surface area contributed by atoms with Crippen LogP contribution in [0.25, 0.3) is 0 Å². The van der Waals surface area contributed by atoms with E-state index in [0.717, 1.165) is 14.9 Å². The van der Waals surface area contributed by atoms with Crippen molar-refractivity contribution < 1.29 is 4.21 Å². The van der Waals surface area contributed by atoms with Gasteiger partial charge in [0.2, 0.25) is 0 Å². The molecule has 0 aromatic heterocycles. The highest BCUT2D eigenvalue weighted by molar-refractivity contribution is 9.10. The van der Waals surface area contributed by atoms with Gasteiger partial charge in [0.05, 0.1) is 20.9 Å². The summed E-state index contributed by atoms with van der Waals surface area (Å²) in [6, 6.07) is 16.1. The van der Waals surface area contributed by atoms with Gasteiger partial charge >= 0.3 is 0 Å². The Labute approximate surface area is 137 Å². The molecule has 0 aliphatic heterocycles. The molecule has 2 nitrogen and oxygen atoms in total. The van der Waals surface area contributed by atoms with Crippen LogP contribution in [0.4, 0.5) is 0 Å². The molecule has 2 aromatic carbocycles. The topological polar surface area (TPSA) is 29.1 Å². The Balaban J connectivity index is 2.28. The van der Waals surface area contributed by atoms with Gasteiger partial charge in [0.25, 0.3) is 0 Å². The maximum atomic E-state index is 12.8. The summed E-state index contributed by atoms with van der Waals surface area (Å²) in [5.74, 6) is 0. The van der Waals surface area contributed by atoms with Crippen LogP contribution >= 0.6 is 15.9 Å². The standard InChI is InChI=1S/C17H20BrNOS/c1-12-8-10-14(11-9-12)17(19-3)13(2)21(20)16-7-5-4-6-15(16)18/h4-11,13,17,19H,1-3H3. The van der Waals surface area contributed by atoms with Gasteiger partial charge in [0.1, 0.15) is 0 Å². The zero-order valence-corrected chi connectivity index (χ0v) is 14.9. The van der Waals surface area contributed by atoms with Crippen molar-refractivity contribution in [1.82, 2.24) is 5.32 Å². The molecule has 0 fully saturated rings. The van der Waals surface area contributed by atoms with Crippen LogP contribution in [0.3, 0.4) is 0 Å². The van der Waals surface area contributed by atoms with Crippen molar-refractivity contribution in [3.05, 3.63) is 64.1 Å². The lowest BCUT2D eigenvalue weighted by Crippen LogP contribution is -2.30. The zero-order chi connectivity index (χ0) is 15.4. The average Bonchev–Trinajstić information content (AvgIpc) is 2.49. The molecule has 0 aliphatic carbocycles. The summed E-state index contributed by atoms with van der Waals surface area (Å²) < 4.78 is 13.7. The Morgan fingerprint density at radius 2 is 1.71 bits per heavy atom. The normalized spacial score (nSPS) is 15.4. The second kappa shape index (κ2) is 7.34. The second-order valence-electron chi connectivity index (χ2n) is 5.11. The van der Waals surface area contributed by atoms with Gasteiger partial charge in [0, 0.05) is 10.5 Å². The predicted molar refractivity (Wildman–Crippen MR) is 93.0 cm³/mol. The summed E-state index contributed by atoms with van der Waals surface area (Å²) >= 11 is 3.49. The number of hydrogen-bond acceptors (Lipinski definition) is 2. The minimum absolute atomic E-state index is 0.0311. The Morgan fingerprint density at radius 1 is 1.10 bits per heavy atom. The molecular weight excluding hydrogens is 346 g/mol. The van der Waals surface area contributed by atoms with Gasteiger partial charge in [-0.2, -0.15) is 0 Å². The Morgan fingerprint density at radius 3 is 2.29 bits per heavy atom. The molecule has 4 heteroatoms. The maximum absolute atomic E-state index is 12.8. The summed E-state index contributed by atoms with van der Waals surface area (Å²) in [6.07, 6.45) is 0. The third kappa shape index (κ3) is 3.82. The highest BCUT2D eigenvalue weighted by Gasteiger charge is 2.25. The van der Waals surface area contributed by atoms with E-state index in [1.54, 1.807) is 0 Å². The average molecular weight is 366 g/mol. The summed E-state index contributed by atoms with van der Waals surface area (Å²) in [7, 11) is 0.830. The molecule has 0 spiro atoms. The van der Waals surface area contributed by atoms with Gasteiger partial charge in [-0.3, -0.25) is 4.21 Å². The van der Waals surface area contributed by atoms with E-state index in [1.165, 1.54) is 5.56 Å². The molecule has 0 saturated carbocycles. The molecule has 2 rings (SSSR count). The molecule has 1 N–H and O–H groups in total. The SMILES string of the molecule is CNC(c1ccc(C)cc1)C(C)S(=O)c1ccccc1Br. The highest BCUT2D eigenvalue weighted by atomic mass is 79.9. The van der Waals surface area contributed by atoms with Gasteiger partial charge in [0.15, 0.2) is 0 Å². The second-order valence-corrected chi connectivity index (χ2v) is 7.74. The molecular formula is C17H20BrNOS. The Kier molecular flexibility index (Phi) is 5.73. The van der Waals surface area contributed by atoms with Crippen molar-refractivity contribution in [2.75, 3.05) is 7.05 Å². The largest absolute Gasteiger partial charge is 0.312 e. The molecule has 112 valence electrons. The first-order valence-corrected chi connectivity index (χ1v) is 8.94. The fourth-order valence-corrected chi connectivity index (χ4v) is 4.56. The van der Waals surface area contributed by atoms with Crippen LogP contribution in [-0.4, -0.2) is 16.5 Å².